The van der Waals surface area contributed by atoms with Gasteiger partial charge in [-0.05, 0) is 48.5 Å². The predicted octanol–water partition coefficient (Wildman–Crippen LogP) is 9.67. The maximum absolute atomic E-state index is 6.84. The summed E-state index contributed by atoms with van der Waals surface area (Å²) in [5, 5.41) is 4.89. The highest BCUT2D eigenvalue weighted by Crippen LogP contribution is 2.42. The standard InChI is InChI=1S/C36H24N2O/c1-2-13-25(14-3-1)39-36-34(37-30-19-8-4-15-26(30)27-16-5-9-20-31(27)37)23-12-24-35(36)38-32-21-10-6-17-28(32)29-18-7-11-22-33(29)38/h1-24H. The van der Waals surface area contributed by atoms with Crippen molar-refractivity contribution in [2.45, 2.75) is 0 Å². The maximum Gasteiger partial charge on any atom is 0.175 e. The highest BCUT2D eigenvalue weighted by atomic mass is 16.5. The Kier molecular flexibility index (Phi) is 4.82. The minimum absolute atomic E-state index is 0.799. The zero-order valence-corrected chi connectivity index (χ0v) is 21.2. The summed E-state index contributed by atoms with van der Waals surface area (Å²) in [6.45, 7) is 0. The molecule has 0 saturated heterocycles. The van der Waals surface area contributed by atoms with Crippen LogP contribution in [0.2, 0.25) is 0 Å². The summed E-state index contributed by atoms with van der Waals surface area (Å²) < 4.78 is 11.5. The largest absolute Gasteiger partial charge is 0.453 e. The van der Waals surface area contributed by atoms with Gasteiger partial charge in [-0.25, -0.2) is 0 Å². The molecule has 0 fully saturated rings. The summed E-state index contributed by atoms with van der Waals surface area (Å²) >= 11 is 0. The fraction of sp³-hybridized carbons (Fsp3) is 0. The first kappa shape index (κ1) is 21.8. The fourth-order valence-corrected chi connectivity index (χ4v) is 5.94. The van der Waals surface area contributed by atoms with Crippen LogP contribution in [0.3, 0.4) is 0 Å². The molecule has 0 aliphatic carbocycles. The van der Waals surface area contributed by atoms with Crippen LogP contribution in [-0.4, -0.2) is 9.13 Å². The lowest BCUT2D eigenvalue weighted by atomic mass is 10.2. The first-order chi connectivity index (χ1) is 19.4. The van der Waals surface area contributed by atoms with E-state index >= 15 is 0 Å². The number of hydrogen-bond acceptors (Lipinski definition) is 1. The summed E-state index contributed by atoms with van der Waals surface area (Å²) in [5.74, 6) is 1.61. The topological polar surface area (TPSA) is 19.1 Å². The number of aromatic nitrogens is 2. The van der Waals surface area contributed by atoms with E-state index < -0.39 is 0 Å². The number of rotatable bonds is 4. The van der Waals surface area contributed by atoms with Gasteiger partial charge in [0.25, 0.3) is 0 Å². The predicted molar refractivity (Wildman–Crippen MR) is 162 cm³/mol. The molecular formula is C36H24N2O. The monoisotopic (exact) mass is 500 g/mol. The van der Waals surface area contributed by atoms with E-state index in [1.807, 2.05) is 30.3 Å². The average Bonchev–Trinajstić information content (AvgIpc) is 3.51. The van der Waals surface area contributed by atoms with Crippen LogP contribution in [0.4, 0.5) is 0 Å². The second-order valence-corrected chi connectivity index (χ2v) is 9.78. The van der Waals surface area contributed by atoms with Crippen molar-refractivity contribution in [3.05, 3.63) is 146 Å². The molecule has 8 rings (SSSR count). The third-order valence-corrected chi connectivity index (χ3v) is 7.58. The van der Waals surface area contributed by atoms with Crippen LogP contribution in [0, 0.1) is 0 Å². The molecule has 184 valence electrons. The van der Waals surface area contributed by atoms with E-state index in [1.165, 1.54) is 21.5 Å². The summed E-state index contributed by atoms with van der Waals surface area (Å²) in [4.78, 5) is 0. The van der Waals surface area contributed by atoms with Crippen molar-refractivity contribution in [3.8, 4) is 22.9 Å². The second kappa shape index (κ2) is 8.64. The lowest BCUT2D eigenvalue weighted by Gasteiger charge is -2.19. The maximum atomic E-state index is 6.84. The van der Waals surface area contributed by atoms with Gasteiger partial charge in [0, 0.05) is 21.5 Å². The molecule has 3 heteroatoms. The van der Waals surface area contributed by atoms with Crippen LogP contribution >= 0.6 is 0 Å². The van der Waals surface area contributed by atoms with Gasteiger partial charge in [-0.3, -0.25) is 0 Å². The van der Waals surface area contributed by atoms with E-state index in [0.717, 1.165) is 44.9 Å². The van der Waals surface area contributed by atoms with Crippen LogP contribution in [-0.2, 0) is 0 Å². The average molecular weight is 501 g/mol. The van der Waals surface area contributed by atoms with Gasteiger partial charge in [0.15, 0.2) is 5.75 Å². The third-order valence-electron chi connectivity index (χ3n) is 7.58. The molecule has 0 amide bonds. The van der Waals surface area contributed by atoms with E-state index in [4.69, 9.17) is 4.74 Å². The van der Waals surface area contributed by atoms with Gasteiger partial charge >= 0.3 is 0 Å². The molecule has 0 radical (unpaired) electrons. The number of hydrogen-bond donors (Lipinski definition) is 0. The molecule has 0 N–H and O–H groups in total. The van der Waals surface area contributed by atoms with Gasteiger partial charge in [0.2, 0.25) is 0 Å². The zero-order valence-electron chi connectivity index (χ0n) is 21.2. The van der Waals surface area contributed by atoms with Gasteiger partial charge in [-0.1, -0.05) is 97.1 Å². The minimum atomic E-state index is 0.799. The van der Waals surface area contributed by atoms with E-state index in [2.05, 4.69) is 124 Å². The number of nitrogens with zero attached hydrogens (tertiary/aromatic N) is 2. The molecule has 0 aliphatic heterocycles. The van der Waals surface area contributed by atoms with Crippen LogP contribution in [0.25, 0.3) is 55.0 Å². The van der Waals surface area contributed by atoms with Crippen molar-refractivity contribution in [3.63, 3.8) is 0 Å². The van der Waals surface area contributed by atoms with Crippen molar-refractivity contribution in [2.24, 2.45) is 0 Å². The first-order valence-corrected chi connectivity index (χ1v) is 13.2. The van der Waals surface area contributed by atoms with Gasteiger partial charge < -0.3 is 13.9 Å². The molecule has 0 aliphatic rings. The molecule has 2 heterocycles. The normalized spacial score (nSPS) is 11.6. The first-order valence-electron chi connectivity index (χ1n) is 13.2. The van der Waals surface area contributed by atoms with Crippen molar-refractivity contribution < 1.29 is 4.74 Å². The third kappa shape index (κ3) is 3.30. The number of fused-ring (bicyclic) bond motifs is 6. The lowest BCUT2D eigenvalue weighted by molar-refractivity contribution is 0.478. The number of benzene rings is 6. The Morgan fingerprint density at radius 3 is 1.10 bits per heavy atom. The Morgan fingerprint density at radius 1 is 0.333 bits per heavy atom. The summed E-state index contributed by atoms with van der Waals surface area (Å²) in [6.07, 6.45) is 0. The highest BCUT2D eigenvalue weighted by molar-refractivity contribution is 6.11. The van der Waals surface area contributed by atoms with Crippen molar-refractivity contribution in [2.75, 3.05) is 0 Å². The van der Waals surface area contributed by atoms with E-state index in [-0.39, 0.29) is 0 Å². The highest BCUT2D eigenvalue weighted by Gasteiger charge is 2.21. The summed E-state index contributed by atoms with van der Waals surface area (Å²) in [5.41, 5.74) is 6.59. The SMILES string of the molecule is c1ccc(Oc2c(-n3c4ccccc4c4ccccc43)cccc2-n2c3ccccc3c3ccccc32)cc1. The molecule has 0 atom stereocenters. The molecule has 3 nitrogen and oxygen atoms in total. The van der Waals surface area contributed by atoms with Gasteiger partial charge in [-0.2, -0.15) is 0 Å². The molecule has 0 spiro atoms. The number of para-hydroxylation sites is 6. The number of ether oxygens (including phenoxy) is 1. The summed E-state index contributed by atoms with van der Waals surface area (Å²) in [7, 11) is 0. The van der Waals surface area contributed by atoms with Crippen molar-refractivity contribution in [1.82, 2.24) is 9.13 Å². The Morgan fingerprint density at radius 2 is 0.692 bits per heavy atom. The Labute approximate surface area is 225 Å². The smallest absolute Gasteiger partial charge is 0.175 e. The Bertz CT molecular complexity index is 1910. The van der Waals surface area contributed by atoms with E-state index in [9.17, 15) is 0 Å². The second-order valence-electron chi connectivity index (χ2n) is 9.78. The molecular weight excluding hydrogens is 476 g/mol. The van der Waals surface area contributed by atoms with Gasteiger partial charge in [0.05, 0.1) is 33.4 Å². The van der Waals surface area contributed by atoms with Crippen molar-refractivity contribution in [1.29, 1.82) is 0 Å². The molecule has 0 saturated carbocycles. The van der Waals surface area contributed by atoms with Crippen LogP contribution < -0.4 is 4.74 Å². The lowest BCUT2D eigenvalue weighted by Crippen LogP contribution is -2.03. The minimum Gasteiger partial charge on any atom is -0.453 e. The van der Waals surface area contributed by atoms with Crippen LogP contribution in [0.5, 0.6) is 11.5 Å². The molecule has 0 bridgehead atoms. The van der Waals surface area contributed by atoms with E-state index in [0.29, 0.717) is 0 Å². The van der Waals surface area contributed by atoms with Gasteiger partial charge in [-0.15, -0.1) is 0 Å². The summed E-state index contributed by atoms with van der Waals surface area (Å²) in [6, 6.07) is 50.9. The molecule has 6 aromatic carbocycles. The molecule has 2 aromatic heterocycles. The molecule has 39 heavy (non-hydrogen) atoms. The molecule has 8 aromatic rings. The molecule has 0 unspecified atom stereocenters. The quantitative estimate of drug-likeness (QED) is 0.235. The zero-order chi connectivity index (χ0) is 25.8. The fourth-order valence-electron chi connectivity index (χ4n) is 5.94. The van der Waals surface area contributed by atoms with Crippen molar-refractivity contribution >= 4 is 43.6 Å². The Hall–Kier alpha value is -5.28. The Balaban J connectivity index is 1.51. The van der Waals surface area contributed by atoms with Crippen LogP contribution in [0.15, 0.2) is 146 Å². The van der Waals surface area contributed by atoms with Crippen LogP contribution in [0.1, 0.15) is 0 Å². The van der Waals surface area contributed by atoms with E-state index in [1.54, 1.807) is 0 Å². The van der Waals surface area contributed by atoms with Gasteiger partial charge in [0.1, 0.15) is 5.75 Å².